The number of anilines is 1. The van der Waals surface area contributed by atoms with Crippen molar-refractivity contribution >= 4 is 34.1 Å². The van der Waals surface area contributed by atoms with E-state index in [9.17, 15) is 9.90 Å². The molecule has 5 heteroatoms. The van der Waals surface area contributed by atoms with E-state index in [-0.39, 0.29) is 11.7 Å². The zero-order chi connectivity index (χ0) is 30.0. The lowest BCUT2D eigenvalue weighted by molar-refractivity contribution is 0.102. The second-order valence-corrected chi connectivity index (χ2v) is 12.3. The maximum Gasteiger partial charge on any atom is 0.255 e. The number of nitrogens with zero attached hydrogens (tertiary/aromatic N) is 1. The van der Waals surface area contributed by atoms with Gasteiger partial charge in [-0.15, -0.1) is 0 Å². The van der Waals surface area contributed by atoms with Crippen molar-refractivity contribution < 1.29 is 9.90 Å². The Morgan fingerprint density at radius 1 is 0.738 bits per heavy atom. The van der Waals surface area contributed by atoms with Crippen molar-refractivity contribution in [2.75, 3.05) is 5.32 Å². The van der Waals surface area contributed by atoms with Crippen LogP contribution >= 0.6 is 11.6 Å². The fourth-order valence-corrected chi connectivity index (χ4v) is 5.97. The first-order valence-corrected chi connectivity index (χ1v) is 17.1. The first-order chi connectivity index (χ1) is 20.5. The Bertz CT molecular complexity index is 1210. The van der Waals surface area contributed by atoms with Crippen LogP contribution in [0.2, 0.25) is 5.02 Å². The monoisotopic (exact) mass is 592 g/mol. The molecule has 0 radical (unpaired) electrons. The van der Waals surface area contributed by atoms with E-state index in [4.69, 9.17) is 16.6 Å². The van der Waals surface area contributed by atoms with E-state index in [0.29, 0.717) is 21.8 Å². The molecule has 3 rings (SSSR count). The van der Waals surface area contributed by atoms with Crippen molar-refractivity contribution in [3.05, 3.63) is 64.3 Å². The number of pyridine rings is 1. The summed E-state index contributed by atoms with van der Waals surface area (Å²) in [6, 6.07) is 12.8. The molecule has 0 saturated heterocycles. The summed E-state index contributed by atoms with van der Waals surface area (Å²) < 4.78 is 0. The molecule has 230 valence electrons. The molecule has 1 heterocycles. The van der Waals surface area contributed by atoms with Crippen LogP contribution in [0.1, 0.15) is 145 Å². The molecule has 1 amide bonds. The fraction of sp³-hybridized carbons (Fsp3) is 0.568. The van der Waals surface area contributed by atoms with Crippen molar-refractivity contribution in [2.24, 2.45) is 0 Å². The Labute approximate surface area is 259 Å². The van der Waals surface area contributed by atoms with Gasteiger partial charge in [0.15, 0.2) is 5.75 Å². The molecule has 4 nitrogen and oxygen atoms in total. The standard InChI is InChI=1S/C37H53ClN2O2/c1-3-5-7-9-11-13-15-17-22-26-33-30(25-19-16-14-12-10-8-6-4-2)27-31-32(38)28-34(36(41)35(31)39-33)40-37(42)29-23-20-18-21-24-29/h18,20-21,23-24,27-28,41H,3-17,19,22,25-26H2,1-2H3,(H,40,42). The number of aromatic hydroxyl groups is 1. The molecular formula is C37H53ClN2O2. The lowest BCUT2D eigenvalue weighted by Gasteiger charge is -2.15. The average Bonchev–Trinajstić information content (AvgIpc) is 3.00. The fourth-order valence-electron chi connectivity index (χ4n) is 5.72. The van der Waals surface area contributed by atoms with E-state index in [1.807, 2.05) is 18.2 Å². The number of fused-ring (bicyclic) bond motifs is 1. The summed E-state index contributed by atoms with van der Waals surface area (Å²) in [4.78, 5) is 17.8. The number of hydrogen-bond acceptors (Lipinski definition) is 3. The Balaban J connectivity index is 1.70. The van der Waals surface area contributed by atoms with Gasteiger partial charge in [0.2, 0.25) is 0 Å². The Hall–Kier alpha value is -2.59. The van der Waals surface area contributed by atoms with Crippen LogP contribution in [0.25, 0.3) is 10.9 Å². The Morgan fingerprint density at radius 2 is 1.26 bits per heavy atom. The molecule has 0 saturated carbocycles. The van der Waals surface area contributed by atoms with E-state index in [1.165, 1.54) is 102 Å². The van der Waals surface area contributed by atoms with Gasteiger partial charge in [0.05, 0.1) is 10.7 Å². The second-order valence-electron chi connectivity index (χ2n) is 11.9. The smallest absolute Gasteiger partial charge is 0.255 e. The molecule has 0 atom stereocenters. The second kappa shape index (κ2) is 19.6. The van der Waals surface area contributed by atoms with Crippen LogP contribution in [0.3, 0.4) is 0 Å². The predicted octanol–water partition coefficient (Wildman–Crippen LogP) is 11.6. The molecule has 42 heavy (non-hydrogen) atoms. The number of benzene rings is 2. The van der Waals surface area contributed by atoms with E-state index >= 15 is 0 Å². The third-order valence-electron chi connectivity index (χ3n) is 8.30. The van der Waals surface area contributed by atoms with Crippen LogP contribution in [-0.4, -0.2) is 16.0 Å². The first-order valence-electron chi connectivity index (χ1n) is 16.8. The molecule has 0 fully saturated rings. The van der Waals surface area contributed by atoms with Gasteiger partial charge >= 0.3 is 0 Å². The van der Waals surface area contributed by atoms with Gasteiger partial charge in [0.1, 0.15) is 5.52 Å². The Morgan fingerprint density at radius 3 is 1.83 bits per heavy atom. The summed E-state index contributed by atoms with van der Waals surface area (Å²) in [5.41, 5.74) is 3.59. The van der Waals surface area contributed by atoms with Crippen LogP contribution in [0.4, 0.5) is 5.69 Å². The van der Waals surface area contributed by atoms with Gasteiger partial charge < -0.3 is 10.4 Å². The third kappa shape index (κ3) is 11.2. The number of carbonyl (C=O) groups is 1. The largest absolute Gasteiger partial charge is 0.504 e. The van der Waals surface area contributed by atoms with E-state index < -0.39 is 0 Å². The summed E-state index contributed by atoms with van der Waals surface area (Å²) in [6.07, 6.45) is 23.7. The number of halogens is 1. The van der Waals surface area contributed by atoms with Crippen LogP contribution in [0, 0.1) is 0 Å². The molecule has 0 bridgehead atoms. The third-order valence-corrected chi connectivity index (χ3v) is 8.61. The van der Waals surface area contributed by atoms with Crippen molar-refractivity contribution in [3.63, 3.8) is 0 Å². The van der Waals surface area contributed by atoms with Crippen LogP contribution < -0.4 is 5.32 Å². The lowest BCUT2D eigenvalue weighted by atomic mass is 9.98. The quantitative estimate of drug-likeness (QED) is 0.0954. The molecule has 0 aliphatic heterocycles. The molecule has 2 aromatic carbocycles. The number of nitrogens with one attached hydrogen (secondary N) is 1. The van der Waals surface area contributed by atoms with Gasteiger partial charge in [-0.3, -0.25) is 4.79 Å². The van der Waals surface area contributed by atoms with Crippen molar-refractivity contribution in [2.45, 2.75) is 136 Å². The Kier molecular flexibility index (Phi) is 15.8. The number of carbonyl (C=O) groups excluding carboxylic acids is 1. The molecule has 0 aliphatic carbocycles. The lowest BCUT2D eigenvalue weighted by Crippen LogP contribution is -2.12. The van der Waals surface area contributed by atoms with Gasteiger partial charge in [0, 0.05) is 16.6 Å². The van der Waals surface area contributed by atoms with Crippen molar-refractivity contribution in [1.29, 1.82) is 0 Å². The molecule has 3 aromatic rings. The summed E-state index contributed by atoms with van der Waals surface area (Å²) in [7, 11) is 0. The number of amides is 1. The zero-order valence-corrected chi connectivity index (χ0v) is 26.9. The molecular weight excluding hydrogens is 540 g/mol. The maximum absolute atomic E-state index is 12.8. The predicted molar refractivity (Wildman–Crippen MR) is 180 cm³/mol. The number of aromatic nitrogens is 1. The highest BCUT2D eigenvalue weighted by atomic mass is 35.5. The van der Waals surface area contributed by atoms with Gasteiger partial charge in [-0.05, 0) is 55.5 Å². The zero-order valence-electron chi connectivity index (χ0n) is 26.2. The van der Waals surface area contributed by atoms with Crippen LogP contribution in [0.15, 0.2) is 42.5 Å². The highest BCUT2D eigenvalue weighted by Gasteiger charge is 2.18. The van der Waals surface area contributed by atoms with Gasteiger partial charge in [-0.1, -0.05) is 140 Å². The van der Waals surface area contributed by atoms with Crippen molar-refractivity contribution in [3.8, 4) is 5.75 Å². The van der Waals surface area contributed by atoms with Crippen LogP contribution in [0.5, 0.6) is 5.75 Å². The number of phenols is 1. The highest BCUT2D eigenvalue weighted by molar-refractivity contribution is 6.36. The number of rotatable bonds is 21. The van der Waals surface area contributed by atoms with E-state index in [2.05, 4.69) is 25.2 Å². The van der Waals surface area contributed by atoms with E-state index in [1.54, 1.807) is 18.2 Å². The summed E-state index contributed by atoms with van der Waals surface area (Å²) in [5, 5.41) is 15.3. The first kappa shape index (κ1) is 33.9. The number of hydrogen-bond donors (Lipinski definition) is 2. The minimum Gasteiger partial charge on any atom is -0.504 e. The van der Waals surface area contributed by atoms with Crippen LogP contribution in [-0.2, 0) is 12.8 Å². The van der Waals surface area contributed by atoms with Gasteiger partial charge in [-0.2, -0.15) is 0 Å². The SMILES string of the molecule is CCCCCCCCCCCc1nc2c(O)c(NC(=O)c3ccccc3)cc(Cl)c2cc1CCCCCCCCCC. The molecule has 1 aromatic heterocycles. The number of aryl methyl sites for hydroxylation is 2. The normalized spacial score (nSPS) is 11.3. The van der Waals surface area contributed by atoms with Gasteiger partial charge in [-0.25, -0.2) is 4.98 Å². The van der Waals surface area contributed by atoms with E-state index in [0.717, 1.165) is 36.8 Å². The topological polar surface area (TPSA) is 62.2 Å². The summed E-state index contributed by atoms with van der Waals surface area (Å²) >= 11 is 6.74. The molecule has 0 aliphatic rings. The summed E-state index contributed by atoms with van der Waals surface area (Å²) in [5.74, 6) is -0.312. The highest BCUT2D eigenvalue weighted by Crippen LogP contribution is 2.38. The number of phenolic OH excluding ortho intramolecular Hbond substituents is 1. The van der Waals surface area contributed by atoms with Gasteiger partial charge in [0.25, 0.3) is 5.91 Å². The minimum atomic E-state index is -0.289. The maximum atomic E-state index is 12.8. The molecule has 0 unspecified atom stereocenters. The van der Waals surface area contributed by atoms with Crippen molar-refractivity contribution in [1.82, 2.24) is 4.98 Å². The molecule has 2 N–H and O–H groups in total. The minimum absolute atomic E-state index is 0.0226. The summed E-state index contributed by atoms with van der Waals surface area (Å²) in [6.45, 7) is 4.52. The molecule has 0 spiro atoms. The number of unbranched alkanes of at least 4 members (excludes halogenated alkanes) is 15. The average molecular weight is 593 g/mol.